The molecule has 0 N–H and O–H groups in total. The summed E-state index contributed by atoms with van der Waals surface area (Å²) in [6.45, 7) is 0. The highest BCUT2D eigenvalue weighted by Crippen LogP contribution is 2.27. The third kappa shape index (κ3) is 1.83. The molecule has 0 fully saturated rings. The van der Waals surface area contributed by atoms with Crippen molar-refractivity contribution in [3.63, 3.8) is 0 Å². The fourth-order valence-corrected chi connectivity index (χ4v) is 0.575. The maximum Gasteiger partial charge on any atom is 0.422 e. The van der Waals surface area contributed by atoms with E-state index in [0.717, 1.165) is 12.1 Å². The van der Waals surface area contributed by atoms with Crippen molar-refractivity contribution >= 4 is 0 Å². The Bertz CT molecular complexity index is 258. The van der Waals surface area contributed by atoms with Crippen LogP contribution in [0, 0.1) is 11.4 Å². The van der Waals surface area contributed by atoms with Crippen LogP contribution in [0.3, 0.4) is 0 Å². The number of pyridine rings is 1. The van der Waals surface area contributed by atoms with Crippen molar-refractivity contribution in [2.75, 3.05) is 0 Å². The topological polar surface area (TPSA) is 26.9 Å². The summed E-state index contributed by atoms with van der Waals surface area (Å²) in [5, 5.41) is 10.3. The van der Waals surface area contributed by atoms with Crippen LogP contribution < -0.4 is 4.73 Å². The van der Waals surface area contributed by atoms with Crippen LogP contribution >= 0.6 is 0 Å². The Morgan fingerprint density at radius 3 is 2.45 bits per heavy atom. The van der Waals surface area contributed by atoms with E-state index in [-0.39, 0.29) is 4.73 Å². The van der Waals surface area contributed by atoms with E-state index in [1.807, 2.05) is 6.20 Å². The highest BCUT2D eigenvalue weighted by Gasteiger charge is 2.32. The molecule has 0 unspecified atom stereocenters. The minimum atomic E-state index is -4.46. The van der Waals surface area contributed by atoms with Gasteiger partial charge >= 0.3 is 6.18 Å². The van der Waals surface area contributed by atoms with Gasteiger partial charge < -0.3 is 5.21 Å². The third-order valence-corrected chi connectivity index (χ3v) is 1.05. The van der Waals surface area contributed by atoms with Crippen LogP contribution in [0.15, 0.2) is 18.3 Å². The monoisotopic (exact) mass is 162 g/mol. The van der Waals surface area contributed by atoms with Gasteiger partial charge in [-0.15, -0.1) is 0 Å². The van der Waals surface area contributed by atoms with Crippen molar-refractivity contribution in [3.8, 4) is 0 Å². The molecule has 0 amide bonds. The Kier molecular flexibility index (Phi) is 1.72. The SMILES string of the molecule is [O-][n+]1[c]ccc(C(F)(F)F)c1. The number of halogens is 3. The average Bonchev–Trinajstić information content (AvgIpc) is 1.86. The molecule has 59 valence electrons. The number of hydrogen-bond donors (Lipinski definition) is 0. The molecule has 2 nitrogen and oxygen atoms in total. The van der Waals surface area contributed by atoms with Gasteiger partial charge in [-0.3, -0.25) is 0 Å². The first-order chi connectivity index (χ1) is 5.00. The molecule has 0 aliphatic carbocycles. The van der Waals surface area contributed by atoms with Gasteiger partial charge in [0.1, 0.15) is 5.56 Å². The Morgan fingerprint density at radius 1 is 1.45 bits per heavy atom. The van der Waals surface area contributed by atoms with Crippen molar-refractivity contribution in [1.82, 2.24) is 0 Å². The Hall–Kier alpha value is -1.26. The number of aromatic nitrogens is 1. The van der Waals surface area contributed by atoms with Crippen molar-refractivity contribution < 1.29 is 17.9 Å². The number of hydrogen-bond acceptors (Lipinski definition) is 1. The lowest BCUT2D eigenvalue weighted by atomic mass is 10.3. The van der Waals surface area contributed by atoms with Gasteiger partial charge in [0, 0.05) is 6.07 Å². The average molecular weight is 162 g/mol. The number of alkyl halides is 3. The highest BCUT2D eigenvalue weighted by molar-refractivity contribution is 5.08. The van der Waals surface area contributed by atoms with E-state index < -0.39 is 11.7 Å². The zero-order valence-corrected chi connectivity index (χ0v) is 5.22. The molecule has 11 heavy (non-hydrogen) atoms. The first-order valence-electron chi connectivity index (χ1n) is 2.68. The predicted octanol–water partition coefficient (Wildman–Crippen LogP) is 1.14. The van der Waals surface area contributed by atoms with Crippen LogP contribution in [0.4, 0.5) is 13.2 Å². The van der Waals surface area contributed by atoms with E-state index in [1.165, 1.54) is 0 Å². The number of nitrogens with zero attached hydrogens (tertiary/aromatic N) is 1. The predicted molar refractivity (Wildman–Crippen MR) is 29.2 cm³/mol. The van der Waals surface area contributed by atoms with Gasteiger partial charge in [0.25, 0.3) is 6.20 Å². The molecule has 1 rings (SSSR count). The lowest BCUT2D eigenvalue weighted by Gasteiger charge is -2.03. The molecule has 1 aromatic heterocycles. The summed E-state index contributed by atoms with van der Waals surface area (Å²) in [6, 6.07) is 1.71. The smallest absolute Gasteiger partial charge is 0.422 e. The van der Waals surface area contributed by atoms with Crippen molar-refractivity contribution in [2.45, 2.75) is 6.18 Å². The van der Waals surface area contributed by atoms with E-state index >= 15 is 0 Å². The van der Waals surface area contributed by atoms with Gasteiger partial charge in [-0.1, -0.05) is 0 Å². The quantitative estimate of drug-likeness (QED) is 0.415. The minimum Gasteiger partial charge on any atom is -0.618 e. The molecule has 1 heterocycles. The standard InChI is InChI=1S/C6H3F3NO/c7-6(8,9)5-2-1-3-10(11)4-5/h1-2,4H. The molecule has 0 aliphatic heterocycles. The Morgan fingerprint density at radius 2 is 2.09 bits per heavy atom. The molecule has 5 heteroatoms. The van der Waals surface area contributed by atoms with Crippen LogP contribution in [0.25, 0.3) is 0 Å². The minimum absolute atomic E-state index is 0.0111. The summed E-state index contributed by atoms with van der Waals surface area (Å²) in [5.41, 5.74) is -0.966. The van der Waals surface area contributed by atoms with Crippen LogP contribution in [0.1, 0.15) is 5.56 Å². The largest absolute Gasteiger partial charge is 0.618 e. The summed E-state index contributed by atoms with van der Waals surface area (Å²) < 4.78 is 35.4. The zero-order valence-electron chi connectivity index (χ0n) is 5.22. The van der Waals surface area contributed by atoms with E-state index in [2.05, 4.69) is 0 Å². The molecule has 0 bridgehead atoms. The van der Waals surface area contributed by atoms with E-state index in [4.69, 9.17) is 0 Å². The van der Waals surface area contributed by atoms with Crippen LogP contribution in [-0.4, -0.2) is 0 Å². The van der Waals surface area contributed by atoms with Gasteiger partial charge in [0.15, 0.2) is 6.20 Å². The molecule has 0 atom stereocenters. The zero-order chi connectivity index (χ0) is 8.48. The first-order valence-corrected chi connectivity index (χ1v) is 2.68. The van der Waals surface area contributed by atoms with Gasteiger partial charge in [0.2, 0.25) is 0 Å². The molecule has 0 saturated carbocycles. The molecular formula is C6H3F3NO. The summed E-state index contributed by atoms with van der Waals surface area (Å²) in [4.78, 5) is 0. The third-order valence-electron chi connectivity index (χ3n) is 1.05. The Labute approximate surface area is 60.5 Å². The fourth-order valence-electron chi connectivity index (χ4n) is 0.575. The highest BCUT2D eigenvalue weighted by atomic mass is 19.4. The molecule has 0 saturated heterocycles. The van der Waals surface area contributed by atoms with Gasteiger partial charge in [-0.2, -0.15) is 17.9 Å². The summed E-state index contributed by atoms with van der Waals surface area (Å²) >= 11 is 0. The molecule has 1 radical (unpaired) electrons. The van der Waals surface area contributed by atoms with Gasteiger partial charge in [-0.25, -0.2) is 0 Å². The lowest BCUT2D eigenvalue weighted by molar-refractivity contribution is -0.611. The second-order valence-corrected chi connectivity index (χ2v) is 1.87. The summed E-state index contributed by atoms with van der Waals surface area (Å²) in [5.74, 6) is 0. The second kappa shape index (κ2) is 2.41. The summed E-state index contributed by atoms with van der Waals surface area (Å²) in [6.07, 6.45) is -2.02. The Balaban J connectivity index is 3.06. The van der Waals surface area contributed by atoms with Crippen LogP contribution in [-0.2, 0) is 6.18 Å². The number of rotatable bonds is 0. The van der Waals surface area contributed by atoms with E-state index in [1.54, 1.807) is 0 Å². The molecule has 0 aromatic carbocycles. The van der Waals surface area contributed by atoms with Crippen LogP contribution in [0.5, 0.6) is 0 Å². The van der Waals surface area contributed by atoms with E-state index in [0.29, 0.717) is 6.20 Å². The molecule has 0 aliphatic rings. The lowest BCUT2D eigenvalue weighted by Crippen LogP contribution is -2.27. The fraction of sp³-hybridized carbons (Fsp3) is 0.167. The van der Waals surface area contributed by atoms with Gasteiger partial charge in [-0.05, 0) is 6.07 Å². The van der Waals surface area contributed by atoms with Crippen LogP contribution in [0.2, 0.25) is 0 Å². The van der Waals surface area contributed by atoms with Crippen molar-refractivity contribution in [1.29, 1.82) is 0 Å². The first kappa shape index (κ1) is 7.84. The normalized spacial score (nSPS) is 11.5. The second-order valence-electron chi connectivity index (χ2n) is 1.87. The molecular weight excluding hydrogens is 159 g/mol. The van der Waals surface area contributed by atoms with Gasteiger partial charge in [0.05, 0.1) is 0 Å². The molecule has 1 aromatic rings. The van der Waals surface area contributed by atoms with Crippen molar-refractivity contribution in [2.24, 2.45) is 0 Å². The molecule has 0 spiro atoms. The van der Waals surface area contributed by atoms with Crippen molar-refractivity contribution in [3.05, 3.63) is 35.3 Å². The summed E-state index contributed by atoms with van der Waals surface area (Å²) in [7, 11) is 0. The maximum atomic E-state index is 11.8. The van der Waals surface area contributed by atoms with E-state index in [9.17, 15) is 18.4 Å². The maximum absolute atomic E-state index is 11.8.